The van der Waals surface area contributed by atoms with Crippen LogP contribution in [0, 0.1) is 0 Å². The molecule has 1 heterocycles. The number of amides is 1. The number of aryl methyl sites for hydroxylation is 1. The lowest BCUT2D eigenvalue weighted by molar-refractivity contribution is -0.115. The van der Waals surface area contributed by atoms with Crippen LogP contribution in [0.15, 0.2) is 0 Å². The van der Waals surface area contributed by atoms with Crippen molar-refractivity contribution in [3.8, 4) is 0 Å². The minimum atomic E-state index is -0.364. The summed E-state index contributed by atoms with van der Waals surface area (Å²) in [6, 6.07) is 0. The molecule has 1 aromatic heterocycles. The third-order valence-electron chi connectivity index (χ3n) is 3.16. The standard InChI is InChI=1S/C13H16BrNO3S/c1-7(14)11(16)15-12-10(13(17)18-2)8-5-3-4-6-9(8)19-12/h7H,3-6H2,1-2H3,(H,15,16). The Morgan fingerprint density at radius 2 is 2.05 bits per heavy atom. The normalized spacial score (nSPS) is 15.5. The predicted molar refractivity (Wildman–Crippen MR) is 79.3 cm³/mol. The van der Waals surface area contributed by atoms with Gasteiger partial charge in [0.2, 0.25) is 5.91 Å². The fourth-order valence-electron chi connectivity index (χ4n) is 2.18. The molecule has 0 saturated carbocycles. The highest BCUT2D eigenvalue weighted by Gasteiger charge is 2.27. The Balaban J connectivity index is 2.39. The SMILES string of the molecule is COC(=O)c1c(NC(=O)C(C)Br)sc2c1CCCC2. The molecule has 1 aliphatic carbocycles. The van der Waals surface area contributed by atoms with Gasteiger partial charge in [0.05, 0.1) is 17.5 Å². The first-order valence-electron chi connectivity index (χ1n) is 6.22. The number of alkyl halides is 1. The van der Waals surface area contributed by atoms with Gasteiger partial charge in [-0.3, -0.25) is 4.79 Å². The van der Waals surface area contributed by atoms with Gasteiger partial charge in [-0.15, -0.1) is 11.3 Å². The van der Waals surface area contributed by atoms with Crippen molar-refractivity contribution in [2.75, 3.05) is 12.4 Å². The monoisotopic (exact) mass is 345 g/mol. The largest absolute Gasteiger partial charge is 0.465 e. The molecule has 0 aromatic carbocycles. The molecule has 0 fully saturated rings. The highest BCUT2D eigenvalue weighted by atomic mass is 79.9. The molecule has 1 unspecified atom stereocenters. The van der Waals surface area contributed by atoms with Crippen LogP contribution in [0.3, 0.4) is 0 Å². The fraction of sp³-hybridized carbons (Fsp3) is 0.538. The quantitative estimate of drug-likeness (QED) is 0.676. The van der Waals surface area contributed by atoms with Gasteiger partial charge in [-0.2, -0.15) is 0 Å². The average molecular weight is 346 g/mol. The molecule has 1 atom stereocenters. The summed E-state index contributed by atoms with van der Waals surface area (Å²) in [5.41, 5.74) is 1.60. The molecule has 4 nitrogen and oxygen atoms in total. The van der Waals surface area contributed by atoms with Crippen molar-refractivity contribution in [3.05, 3.63) is 16.0 Å². The summed E-state index contributed by atoms with van der Waals surface area (Å²) in [4.78, 5) is 24.6. The molecule has 2 rings (SSSR count). The van der Waals surface area contributed by atoms with E-state index in [-0.39, 0.29) is 16.7 Å². The summed E-state index contributed by atoms with van der Waals surface area (Å²) in [5.74, 6) is -0.513. The highest BCUT2D eigenvalue weighted by molar-refractivity contribution is 9.10. The number of nitrogens with one attached hydrogen (secondary N) is 1. The Morgan fingerprint density at radius 1 is 1.37 bits per heavy atom. The molecule has 19 heavy (non-hydrogen) atoms. The maximum atomic E-state index is 11.9. The van der Waals surface area contributed by atoms with E-state index in [1.165, 1.54) is 23.3 Å². The minimum absolute atomic E-state index is 0.149. The summed E-state index contributed by atoms with van der Waals surface area (Å²) < 4.78 is 4.85. The second-order valence-corrected chi connectivity index (χ2v) is 6.99. The highest BCUT2D eigenvalue weighted by Crippen LogP contribution is 2.38. The Bertz CT molecular complexity index is 510. The number of esters is 1. The number of halogens is 1. The van der Waals surface area contributed by atoms with Crippen LogP contribution in [0.1, 0.15) is 40.6 Å². The number of carbonyl (C=O) groups is 2. The first-order chi connectivity index (χ1) is 9.04. The molecule has 0 aliphatic heterocycles. The molecule has 0 saturated heterocycles. The van der Waals surface area contributed by atoms with Gasteiger partial charge >= 0.3 is 5.97 Å². The topological polar surface area (TPSA) is 55.4 Å². The maximum absolute atomic E-state index is 11.9. The van der Waals surface area contributed by atoms with Gasteiger partial charge in [0, 0.05) is 4.88 Å². The van der Waals surface area contributed by atoms with E-state index in [0.717, 1.165) is 31.2 Å². The van der Waals surface area contributed by atoms with Gasteiger partial charge in [-0.05, 0) is 38.2 Å². The Hall–Kier alpha value is -0.880. The van der Waals surface area contributed by atoms with E-state index in [9.17, 15) is 9.59 Å². The van der Waals surface area contributed by atoms with E-state index in [1.54, 1.807) is 6.92 Å². The Kier molecular flexibility index (Phi) is 4.62. The van der Waals surface area contributed by atoms with Crippen LogP contribution in [0.5, 0.6) is 0 Å². The van der Waals surface area contributed by atoms with Crippen LogP contribution < -0.4 is 5.32 Å². The number of thiophene rings is 1. The predicted octanol–water partition coefficient (Wildman–Crippen LogP) is 3.14. The van der Waals surface area contributed by atoms with E-state index in [0.29, 0.717) is 10.6 Å². The fourth-order valence-corrected chi connectivity index (χ4v) is 3.58. The second-order valence-electron chi connectivity index (χ2n) is 4.51. The first-order valence-corrected chi connectivity index (χ1v) is 7.95. The van der Waals surface area contributed by atoms with Gasteiger partial charge in [-0.1, -0.05) is 15.9 Å². The summed E-state index contributed by atoms with van der Waals surface area (Å²) >= 11 is 4.72. The molecule has 0 bridgehead atoms. The zero-order valence-corrected chi connectivity index (χ0v) is 13.3. The van der Waals surface area contributed by atoms with Crippen LogP contribution in [0.4, 0.5) is 5.00 Å². The van der Waals surface area contributed by atoms with Crippen molar-refractivity contribution in [2.24, 2.45) is 0 Å². The zero-order chi connectivity index (χ0) is 14.0. The lowest BCUT2D eigenvalue weighted by Crippen LogP contribution is -2.21. The van der Waals surface area contributed by atoms with Crippen LogP contribution >= 0.6 is 27.3 Å². The average Bonchev–Trinajstić information content (AvgIpc) is 2.75. The molecule has 1 aromatic rings. The van der Waals surface area contributed by atoms with E-state index < -0.39 is 0 Å². The number of hydrogen-bond donors (Lipinski definition) is 1. The Morgan fingerprint density at radius 3 is 2.68 bits per heavy atom. The number of rotatable bonds is 3. The van der Waals surface area contributed by atoms with Gasteiger partial charge in [0.15, 0.2) is 0 Å². The number of ether oxygens (including phenoxy) is 1. The molecule has 0 spiro atoms. The van der Waals surface area contributed by atoms with Gasteiger partial charge < -0.3 is 10.1 Å². The van der Waals surface area contributed by atoms with E-state index in [1.807, 2.05) is 0 Å². The first kappa shape index (κ1) is 14.5. The third-order valence-corrected chi connectivity index (χ3v) is 4.78. The lowest BCUT2D eigenvalue weighted by Gasteiger charge is -2.11. The summed E-state index contributed by atoms with van der Waals surface area (Å²) in [7, 11) is 1.37. The summed E-state index contributed by atoms with van der Waals surface area (Å²) in [5, 5.41) is 3.43. The second kappa shape index (κ2) is 6.05. The smallest absolute Gasteiger partial charge is 0.341 e. The lowest BCUT2D eigenvalue weighted by atomic mass is 9.95. The molecule has 0 radical (unpaired) electrons. The Labute approximate surface area is 124 Å². The van der Waals surface area contributed by atoms with Gasteiger partial charge in [0.1, 0.15) is 5.00 Å². The molecular formula is C13H16BrNO3S. The number of carbonyl (C=O) groups excluding carboxylic acids is 2. The molecule has 104 valence electrons. The molecule has 1 amide bonds. The zero-order valence-electron chi connectivity index (χ0n) is 10.9. The van der Waals surface area contributed by atoms with E-state index >= 15 is 0 Å². The molecule has 1 aliphatic rings. The van der Waals surface area contributed by atoms with Crippen molar-refractivity contribution in [1.29, 1.82) is 0 Å². The van der Waals surface area contributed by atoms with Gasteiger partial charge in [-0.25, -0.2) is 4.79 Å². The molecular weight excluding hydrogens is 330 g/mol. The summed E-state index contributed by atoms with van der Waals surface area (Å²) in [6.45, 7) is 1.75. The van der Waals surface area contributed by atoms with Crippen LogP contribution in [0.25, 0.3) is 0 Å². The summed E-state index contributed by atoms with van der Waals surface area (Å²) in [6.07, 6.45) is 4.08. The van der Waals surface area contributed by atoms with Gasteiger partial charge in [0.25, 0.3) is 0 Å². The van der Waals surface area contributed by atoms with Crippen LogP contribution in [-0.4, -0.2) is 23.8 Å². The number of hydrogen-bond acceptors (Lipinski definition) is 4. The number of methoxy groups -OCH3 is 1. The van der Waals surface area contributed by atoms with Crippen molar-refractivity contribution in [1.82, 2.24) is 0 Å². The van der Waals surface area contributed by atoms with Crippen molar-refractivity contribution in [2.45, 2.75) is 37.4 Å². The molecule has 1 N–H and O–H groups in total. The van der Waals surface area contributed by atoms with Crippen LogP contribution in [-0.2, 0) is 22.4 Å². The van der Waals surface area contributed by atoms with Crippen molar-refractivity contribution >= 4 is 44.1 Å². The maximum Gasteiger partial charge on any atom is 0.341 e. The van der Waals surface area contributed by atoms with E-state index in [4.69, 9.17) is 4.74 Å². The van der Waals surface area contributed by atoms with Crippen molar-refractivity contribution < 1.29 is 14.3 Å². The number of fused-ring (bicyclic) bond motifs is 1. The molecule has 6 heteroatoms. The van der Waals surface area contributed by atoms with Crippen LogP contribution in [0.2, 0.25) is 0 Å². The van der Waals surface area contributed by atoms with Crippen molar-refractivity contribution in [3.63, 3.8) is 0 Å². The number of anilines is 1. The van der Waals surface area contributed by atoms with E-state index in [2.05, 4.69) is 21.2 Å². The minimum Gasteiger partial charge on any atom is -0.465 e. The third kappa shape index (κ3) is 3.00.